The van der Waals surface area contributed by atoms with Crippen molar-refractivity contribution in [2.75, 3.05) is 0 Å². The Morgan fingerprint density at radius 1 is 1.31 bits per heavy atom. The molecule has 0 spiro atoms. The molecule has 0 saturated heterocycles. The number of hydrogen-bond donors (Lipinski definition) is 2. The molecular weight excluding hydrogens is 170 g/mol. The monoisotopic (exact) mass is 177 g/mol. The van der Waals surface area contributed by atoms with Crippen molar-refractivity contribution in [2.45, 2.75) is 6.92 Å². The molecule has 66 valence electrons. The van der Waals surface area contributed by atoms with Crippen molar-refractivity contribution < 1.29 is 0 Å². The number of aryl methyl sites for hydroxylation is 1. The molecular formula is C8H7N3O2. The molecule has 2 aromatic heterocycles. The van der Waals surface area contributed by atoms with Gasteiger partial charge in [0.05, 0.1) is 16.6 Å². The minimum Gasteiger partial charge on any atom is -0.307 e. The van der Waals surface area contributed by atoms with E-state index >= 15 is 0 Å². The first-order valence-corrected chi connectivity index (χ1v) is 3.76. The van der Waals surface area contributed by atoms with E-state index in [0.29, 0.717) is 16.6 Å². The standard InChI is InChI=1S/C8H7N3O2/c1-4-6-5(2-3-9-4)10-8(13)11-7(6)12/h2-3H,1H3,(H2,10,11,12,13). The second-order valence-corrected chi connectivity index (χ2v) is 2.73. The third-order valence-electron chi connectivity index (χ3n) is 1.84. The number of pyridine rings is 1. The molecule has 0 atom stereocenters. The molecule has 0 aliphatic carbocycles. The average Bonchev–Trinajstić information content (AvgIpc) is 2.02. The van der Waals surface area contributed by atoms with Crippen LogP contribution in [0, 0.1) is 6.92 Å². The maximum absolute atomic E-state index is 11.3. The zero-order valence-corrected chi connectivity index (χ0v) is 6.92. The average molecular weight is 177 g/mol. The van der Waals surface area contributed by atoms with Gasteiger partial charge in [-0.2, -0.15) is 0 Å². The fourth-order valence-electron chi connectivity index (χ4n) is 1.28. The fourth-order valence-corrected chi connectivity index (χ4v) is 1.28. The maximum Gasteiger partial charge on any atom is 0.326 e. The Bertz CT molecular complexity index is 567. The van der Waals surface area contributed by atoms with E-state index in [1.54, 1.807) is 19.2 Å². The number of aromatic amines is 2. The van der Waals surface area contributed by atoms with E-state index < -0.39 is 11.2 Å². The summed E-state index contributed by atoms with van der Waals surface area (Å²) in [5.41, 5.74) is 0.226. The fraction of sp³-hybridized carbons (Fsp3) is 0.125. The van der Waals surface area contributed by atoms with Gasteiger partial charge >= 0.3 is 5.69 Å². The molecule has 0 bridgehead atoms. The molecule has 0 amide bonds. The zero-order valence-electron chi connectivity index (χ0n) is 6.92. The van der Waals surface area contributed by atoms with Crippen molar-refractivity contribution in [2.24, 2.45) is 0 Å². The van der Waals surface area contributed by atoms with Crippen molar-refractivity contribution >= 4 is 10.9 Å². The lowest BCUT2D eigenvalue weighted by molar-refractivity contribution is 1.07. The Morgan fingerprint density at radius 3 is 2.85 bits per heavy atom. The van der Waals surface area contributed by atoms with Crippen LogP contribution < -0.4 is 11.2 Å². The van der Waals surface area contributed by atoms with Crippen LogP contribution in [0.1, 0.15) is 5.69 Å². The molecule has 0 radical (unpaired) electrons. The summed E-state index contributed by atoms with van der Waals surface area (Å²) in [5, 5.41) is 0.433. The third-order valence-corrected chi connectivity index (χ3v) is 1.84. The summed E-state index contributed by atoms with van der Waals surface area (Å²) < 4.78 is 0. The second kappa shape index (κ2) is 2.55. The quantitative estimate of drug-likeness (QED) is 0.590. The van der Waals surface area contributed by atoms with E-state index in [4.69, 9.17) is 0 Å². The van der Waals surface area contributed by atoms with Crippen molar-refractivity contribution in [3.8, 4) is 0 Å². The van der Waals surface area contributed by atoms with E-state index in [9.17, 15) is 9.59 Å². The molecule has 0 aliphatic rings. The van der Waals surface area contributed by atoms with Gasteiger partial charge in [-0.3, -0.25) is 14.8 Å². The summed E-state index contributed by atoms with van der Waals surface area (Å²) >= 11 is 0. The van der Waals surface area contributed by atoms with E-state index in [0.717, 1.165) is 0 Å². The number of H-pyrrole nitrogens is 2. The van der Waals surface area contributed by atoms with Crippen molar-refractivity contribution in [3.05, 3.63) is 38.8 Å². The predicted octanol–water partition coefficient (Wildman–Crippen LogP) is -0.0802. The molecule has 5 heteroatoms. The van der Waals surface area contributed by atoms with Crippen LogP contribution >= 0.6 is 0 Å². The summed E-state index contributed by atoms with van der Waals surface area (Å²) in [6.07, 6.45) is 1.55. The topological polar surface area (TPSA) is 78.6 Å². The number of nitrogens with one attached hydrogen (secondary N) is 2. The normalized spacial score (nSPS) is 10.5. The van der Waals surface area contributed by atoms with Gasteiger partial charge in [0.25, 0.3) is 5.56 Å². The van der Waals surface area contributed by atoms with Crippen LogP contribution in [0.3, 0.4) is 0 Å². The molecule has 0 unspecified atom stereocenters. The molecule has 0 fully saturated rings. The van der Waals surface area contributed by atoms with Gasteiger partial charge in [0.1, 0.15) is 0 Å². The Labute approximate surface area is 72.5 Å². The lowest BCUT2D eigenvalue weighted by Gasteiger charge is -1.97. The Kier molecular flexibility index (Phi) is 1.51. The van der Waals surface area contributed by atoms with Crippen LogP contribution in [0.5, 0.6) is 0 Å². The molecule has 0 saturated carbocycles. The van der Waals surface area contributed by atoms with Gasteiger partial charge in [0, 0.05) is 6.20 Å². The van der Waals surface area contributed by atoms with Gasteiger partial charge in [-0.15, -0.1) is 0 Å². The second-order valence-electron chi connectivity index (χ2n) is 2.73. The van der Waals surface area contributed by atoms with Crippen LogP contribution in [0.2, 0.25) is 0 Å². The largest absolute Gasteiger partial charge is 0.326 e. The summed E-state index contributed by atoms with van der Waals surface area (Å²) in [5.74, 6) is 0. The highest BCUT2D eigenvalue weighted by Crippen LogP contribution is 2.05. The van der Waals surface area contributed by atoms with E-state index in [1.165, 1.54) is 0 Å². The first kappa shape index (κ1) is 7.72. The van der Waals surface area contributed by atoms with Gasteiger partial charge < -0.3 is 4.98 Å². The first-order valence-electron chi connectivity index (χ1n) is 3.76. The number of hydrogen-bond acceptors (Lipinski definition) is 3. The first-order chi connectivity index (χ1) is 6.18. The Hall–Kier alpha value is -1.91. The lowest BCUT2D eigenvalue weighted by Crippen LogP contribution is -2.22. The molecule has 2 rings (SSSR count). The van der Waals surface area contributed by atoms with E-state index in [2.05, 4.69) is 15.0 Å². The predicted molar refractivity (Wildman–Crippen MR) is 47.7 cm³/mol. The molecule has 2 heterocycles. The molecule has 2 aromatic rings. The van der Waals surface area contributed by atoms with Gasteiger partial charge in [0.15, 0.2) is 0 Å². The Balaban J connectivity index is 3.12. The minimum atomic E-state index is -0.497. The van der Waals surface area contributed by atoms with Crippen molar-refractivity contribution in [3.63, 3.8) is 0 Å². The van der Waals surface area contributed by atoms with E-state index in [1.807, 2.05) is 0 Å². The van der Waals surface area contributed by atoms with Crippen LogP contribution in [0.25, 0.3) is 10.9 Å². The van der Waals surface area contributed by atoms with Crippen molar-refractivity contribution in [1.29, 1.82) is 0 Å². The summed E-state index contributed by atoms with van der Waals surface area (Å²) in [7, 11) is 0. The number of aromatic nitrogens is 3. The van der Waals surface area contributed by atoms with Gasteiger partial charge in [-0.05, 0) is 13.0 Å². The molecule has 5 nitrogen and oxygen atoms in total. The van der Waals surface area contributed by atoms with Gasteiger partial charge in [0.2, 0.25) is 0 Å². The van der Waals surface area contributed by atoms with E-state index in [-0.39, 0.29) is 0 Å². The third kappa shape index (κ3) is 1.14. The lowest BCUT2D eigenvalue weighted by atomic mass is 10.2. The Morgan fingerprint density at radius 2 is 2.08 bits per heavy atom. The number of fused-ring (bicyclic) bond motifs is 1. The van der Waals surface area contributed by atoms with Crippen LogP contribution in [0.4, 0.5) is 0 Å². The minimum absolute atomic E-state index is 0.399. The SMILES string of the molecule is Cc1nccc2[nH]c(=O)[nH]c(=O)c12. The summed E-state index contributed by atoms with van der Waals surface area (Å²) in [4.78, 5) is 30.8. The molecule has 0 aliphatic heterocycles. The smallest absolute Gasteiger partial charge is 0.307 e. The summed E-state index contributed by atoms with van der Waals surface area (Å²) in [6.45, 7) is 1.72. The van der Waals surface area contributed by atoms with Gasteiger partial charge in [-0.1, -0.05) is 0 Å². The highest BCUT2D eigenvalue weighted by Gasteiger charge is 2.02. The maximum atomic E-state index is 11.3. The van der Waals surface area contributed by atoms with Gasteiger partial charge in [-0.25, -0.2) is 4.79 Å². The zero-order chi connectivity index (χ0) is 9.42. The molecule has 13 heavy (non-hydrogen) atoms. The summed E-state index contributed by atoms with van der Waals surface area (Å²) in [6, 6.07) is 1.60. The molecule has 2 N–H and O–H groups in total. The molecule has 0 aromatic carbocycles. The van der Waals surface area contributed by atoms with Crippen LogP contribution in [-0.4, -0.2) is 15.0 Å². The number of nitrogens with zero attached hydrogens (tertiary/aromatic N) is 1. The van der Waals surface area contributed by atoms with Crippen LogP contribution in [0.15, 0.2) is 21.9 Å². The highest BCUT2D eigenvalue weighted by atomic mass is 16.2. The highest BCUT2D eigenvalue weighted by molar-refractivity contribution is 5.78. The number of rotatable bonds is 0. The van der Waals surface area contributed by atoms with Crippen molar-refractivity contribution in [1.82, 2.24) is 15.0 Å². The van der Waals surface area contributed by atoms with Crippen LogP contribution in [-0.2, 0) is 0 Å².